The molecule has 1 aromatic carbocycles. The normalized spacial score (nSPS) is 20.1. The molecule has 0 radical (unpaired) electrons. The second kappa shape index (κ2) is 7.39. The first-order chi connectivity index (χ1) is 10.3. The first kappa shape index (κ1) is 15.0. The van der Waals surface area contributed by atoms with Crippen molar-refractivity contribution < 1.29 is 4.74 Å². The number of rotatable bonds is 7. The molecule has 3 nitrogen and oxygen atoms in total. The highest BCUT2D eigenvalue weighted by Gasteiger charge is 2.19. The maximum atomic E-state index is 5.43. The highest BCUT2D eigenvalue weighted by Crippen LogP contribution is 2.20. The van der Waals surface area contributed by atoms with Gasteiger partial charge in [0.15, 0.2) is 0 Å². The highest BCUT2D eigenvalue weighted by atomic mass is 16.5. The lowest BCUT2D eigenvalue weighted by molar-refractivity contribution is 0.0549. The van der Waals surface area contributed by atoms with Crippen LogP contribution in [0.25, 0.3) is 0 Å². The third-order valence-corrected chi connectivity index (χ3v) is 4.56. The quantitative estimate of drug-likeness (QED) is 0.835. The van der Waals surface area contributed by atoms with E-state index in [1.54, 1.807) is 0 Å². The van der Waals surface area contributed by atoms with Gasteiger partial charge < -0.3 is 15.0 Å². The van der Waals surface area contributed by atoms with Crippen LogP contribution < -0.4 is 5.32 Å². The zero-order valence-electron chi connectivity index (χ0n) is 13.2. The molecule has 1 aliphatic heterocycles. The average Bonchev–Trinajstić information content (AvgIpc) is 3.32. The van der Waals surface area contributed by atoms with Crippen LogP contribution in [0.2, 0.25) is 0 Å². The van der Waals surface area contributed by atoms with E-state index in [-0.39, 0.29) is 0 Å². The molecule has 1 aliphatic carbocycles. The number of benzene rings is 1. The van der Waals surface area contributed by atoms with Crippen LogP contribution in [0.3, 0.4) is 0 Å². The number of ether oxygens (including phenoxy) is 1. The fourth-order valence-corrected chi connectivity index (χ4v) is 3.06. The van der Waals surface area contributed by atoms with Crippen molar-refractivity contribution in [2.24, 2.45) is 5.92 Å². The summed E-state index contributed by atoms with van der Waals surface area (Å²) in [6.45, 7) is 5.15. The maximum absolute atomic E-state index is 5.43. The maximum Gasteiger partial charge on any atom is 0.0469 e. The van der Waals surface area contributed by atoms with Crippen molar-refractivity contribution in [2.45, 2.75) is 44.8 Å². The average molecular weight is 288 g/mol. The van der Waals surface area contributed by atoms with Gasteiger partial charge in [-0.3, -0.25) is 0 Å². The molecule has 1 aromatic rings. The van der Waals surface area contributed by atoms with Gasteiger partial charge in [-0.1, -0.05) is 24.3 Å². The second-order valence-corrected chi connectivity index (χ2v) is 6.72. The molecule has 0 unspecified atom stereocenters. The van der Waals surface area contributed by atoms with Crippen LogP contribution in [-0.2, 0) is 17.8 Å². The molecule has 2 aliphatic rings. The van der Waals surface area contributed by atoms with Crippen LogP contribution in [-0.4, -0.2) is 37.7 Å². The predicted octanol–water partition coefficient (Wildman–Crippen LogP) is 2.80. The van der Waals surface area contributed by atoms with Crippen LogP contribution in [0.4, 0.5) is 0 Å². The molecular weight excluding hydrogens is 260 g/mol. The Kier molecular flexibility index (Phi) is 5.28. The van der Waals surface area contributed by atoms with Crippen molar-refractivity contribution in [2.75, 3.05) is 26.8 Å². The van der Waals surface area contributed by atoms with E-state index in [0.29, 0.717) is 0 Å². The van der Waals surface area contributed by atoms with Gasteiger partial charge in [-0.25, -0.2) is 0 Å². The Morgan fingerprint density at radius 2 is 1.71 bits per heavy atom. The van der Waals surface area contributed by atoms with Gasteiger partial charge in [0.25, 0.3) is 0 Å². The molecule has 0 spiro atoms. The monoisotopic (exact) mass is 288 g/mol. The third kappa shape index (κ3) is 5.10. The Morgan fingerprint density at radius 1 is 1.05 bits per heavy atom. The molecule has 116 valence electrons. The lowest BCUT2D eigenvalue weighted by Crippen LogP contribution is -2.29. The lowest BCUT2D eigenvalue weighted by atomic mass is 9.99. The summed E-state index contributed by atoms with van der Waals surface area (Å²) in [6, 6.07) is 9.89. The van der Waals surface area contributed by atoms with Gasteiger partial charge >= 0.3 is 0 Å². The number of hydrogen-bond acceptors (Lipinski definition) is 3. The van der Waals surface area contributed by atoms with Gasteiger partial charge in [-0.2, -0.15) is 0 Å². The summed E-state index contributed by atoms with van der Waals surface area (Å²) in [4.78, 5) is 2.45. The number of hydrogen-bond donors (Lipinski definition) is 1. The van der Waals surface area contributed by atoms with E-state index in [1.807, 2.05) is 0 Å². The first-order valence-corrected chi connectivity index (χ1v) is 8.37. The molecule has 1 heterocycles. The molecule has 0 bridgehead atoms. The molecule has 0 atom stereocenters. The van der Waals surface area contributed by atoms with Gasteiger partial charge in [-0.05, 0) is 49.8 Å². The summed E-state index contributed by atoms with van der Waals surface area (Å²) >= 11 is 0. The van der Waals surface area contributed by atoms with E-state index in [9.17, 15) is 0 Å². The van der Waals surface area contributed by atoms with Crippen LogP contribution in [0.1, 0.15) is 36.8 Å². The molecule has 0 amide bonds. The minimum Gasteiger partial charge on any atom is -0.381 e. The fraction of sp³-hybridized carbons (Fsp3) is 0.667. The summed E-state index contributed by atoms with van der Waals surface area (Å²) in [5.41, 5.74) is 2.82. The smallest absolute Gasteiger partial charge is 0.0469 e. The van der Waals surface area contributed by atoms with Crippen molar-refractivity contribution in [1.29, 1.82) is 0 Å². The molecule has 1 saturated heterocycles. The van der Waals surface area contributed by atoms with E-state index in [2.05, 4.69) is 41.5 Å². The second-order valence-electron chi connectivity index (χ2n) is 6.72. The van der Waals surface area contributed by atoms with Crippen LogP contribution in [0.15, 0.2) is 24.3 Å². The van der Waals surface area contributed by atoms with E-state index >= 15 is 0 Å². The molecule has 3 heteroatoms. The summed E-state index contributed by atoms with van der Waals surface area (Å²) < 4.78 is 5.43. The van der Waals surface area contributed by atoms with E-state index in [4.69, 9.17) is 4.74 Å². The summed E-state index contributed by atoms with van der Waals surface area (Å²) in [5, 5.41) is 3.57. The van der Waals surface area contributed by atoms with Crippen molar-refractivity contribution in [3.05, 3.63) is 35.4 Å². The Balaban J connectivity index is 1.42. The molecule has 1 saturated carbocycles. The van der Waals surface area contributed by atoms with Crippen molar-refractivity contribution in [1.82, 2.24) is 10.2 Å². The summed E-state index contributed by atoms with van der Waals surface area (Å²) in [7, 11) is 2.23. The Bertz CT molecular complexity index is 421. The molecule has 1 N–H and O–H groups in total. The van der Waals surface area contributed by atoms with Crippen molar-refractivity contribution in [3.8, 4) is 0 Å². The van der Waals surface area contributed by atoms with Gasteiger partial charge in [0, 0.05) is 38.9 Å². The molecular formula is C18H28N2O. The first-order valence-electron chi connectivity index (χ1n) is 8.37. The number of nitrogens with one attached hydrogen (secondary N) is 1. The van der Waals surface area contributed by atoms with Gasteiger partial charge in [0.2, 0.25) is 0 Å². The van der Waals surface area contributed by atoms with E-state index in [1.165, 1.54) is 43.4 Å². The zero-order chi connectivity index (χ0) is 14.5. The third-order valence-electron chi connectivity index (χ3n) is 4.56. The van der Waals surface area contributed by atoms with Gasteiger partial charge in [0.05, 0.1) is 0 Å². The minimum atomic E-state index is 0.787. The van der Waals surface area contributed by atoms with Crippen LogP contribution in [0.5, 0.6) is 0 Å². The number of nitrogens with zero attached hydrogens (tertiary/aromatic N) is 1. The zero-order valence-corrected chi connectivity index (χ0v) is 13.2. The Morgan fingerprint density at radius 3 is 2.38 bits per heavy atom. The van der Waals surface area contributed by atoms with E-state index in [0.717, 1.165) is 38.3 Å². The fourth-order valence-electron chi connectivity index (χ4n) is 3.06. The van der Waals surface area contributed by atoms with Crippen molar-refractivity contribution >= 4 is 0 Å². The Hall–Kier alpha value is -0.900. The Labute approximate surface area is 128 Å². The standard InChI is InChI=1S/C18H28N2O/c1-20(14-17-8-10-21-11-9-17)13-16-4-2-15(3-5-16)12-19-18-6-7-18/h2-5,17-19H,6-14H2,1H3. The molecule has 0 aromatic heterocycles. The van der Waals surface area contributed by atoms with Crippen molar-refractivity contribution in [3.63, 3.8) is 0 Å². The summed E-state index contributed by atoms with van der Waals surface area (Å²) in [6.07, 6.45) is 5.15. The summed E-state index contributed by atoms with van der Waals surface area (Å²) in [5.74, 6) is 0.811. The SMILES string of the molecule is CN(Cc1ccc(CNC2CC2)cc1)CC1CCOCC1. The van der Waals surface area contributed by atoms with Gasteiger partial charge in [-0.15, -0.1) is 0 Å². The molecule has 3 rings (SSSR count). The lowest BCUT2D eigenvalue weighted by Gasteiger charge is -2.27. The minimum absolute atomic E-state index is 0.787. The van der Waals surface area contributed by atoms with E-state index < -0.39 is 0 Å². The largest absolute Gasteiger partial charge is 0.381 e. The topological polar surface area (TPSA) is 24.5 Å². The van der Waals surface area contributed by atoms with Crippen LogP contribution in [0, 0.1) is 5.92 Å². The predicted molar refractivity (Wildman–Crippen MR) is 86.2 cm³/mol. The highest BCUT2D eigenvalue weighted by molar-refractivity contribution is 5.22. The van der Waals surface area contributed by atoms with Gasteiger partial charge in [0.1, 0.15) is 0 Å². The molecule has 21 heavy (non-hydrogen) atoms. The molecule has 2 fully saturated rings. The van der Waals surface area contributed by atoms with Crippen LogP contribution >= 0.6 is 0 Å².